The highest BCUT2D eigenvalue weighted by Crippen LogP contribution is 2.01. The van der Waals surface area contributed by atoms with Crippen molar-refractivity contribution in [2.45, 2.75) is 20.3 Å². The van der Waals surface area contributed by atoms with Crippen LogP contribution >= 0.6 is 0 Å². The van der Waals surface area contributed by atoms with E-state index in [2.05, 4.69) is 29.4 Å². The van der Waals surface area contributed by atoms with Crippen molar-refractivity contribution in [3.05, 3.63) is 17.8 Å². The molecule has 0 radical (unpaired) electrons. The van der Waals surface area contributed by atoms with Gasteiger partial charge in [0, 0.05) is 13.2 Å². The number of anilines is 1. The van der Waals surface area contributed by atoms with E-state index in [0.29, 0.717) is 24.9 Å². The Morgan fingerprint density at radius 3 is 2.72 bits per heavy atom. The highest BCUT2D eigenvalue weighted by atomic mass is 16.5. The van der Waals surface area contributed by atoms with E-state index in [0.717, 1.165) is 13.0 Å². The molecular weight excluding hydrogens is 232 g/mol. The summed E-state index contributed by atoms with van der Waals surface area (Å²) in [6.45, 7) is 6.37. The number of rotatable bonds is 8. The van der Waals surface area contributed by atoms with Crippen LogP contribution in [0.3, 0.4) is 0 Å². The molecule has 0 saturated carbocycles. The number of nitrogens with one attached hydrogen (secondary N) is 1. The fourth-order valence-electron chi connectivity index (χ4n) is 1.23. The normalized spacial score (nSPS) is 10.6. The molecule has 18 heavy (non-hydrogen) atoms. The molecule has 0 atom stereocenters. The smallest absolute Gasteiger partial charge is 0.269 e. The fourth-order valence-corrected chi connectivity index (χ4v) is 1.23. The van der Waals surface area contributed by atoms with Gasteiger partial charge in [-0.05, 0) is 24.5 Å². The molecule has 0 saturated heterocycles. The Bertz CT molecular complexity index is 365. The van der Waals surface area contributed by atoms with Gasteiger partial charge in [-0.2, -0.15) is 0 Å². The Morgan fingerprint density at radius 1 is 1.39 bits per heavy atom. The molecular formula is C12H20N4O2. The highest BCUT2D eigenvalue weighted by molar-refractivity contribution is 5.90. The first-order valence-corrected chi connectivity index (χ1v) is 6.04. The van der Waals surface area contributed by atoms with Crippen LogP contribution in [-0.2, 0) is 4.74 Å². The molecule has 0 unspecified atom stereocenters. The molecule has 1 aromatic rings. The van der Waals surface area contributed by atoms with Crippen LogP contribution in [0.15, 0.2) is 12.1 Å². The van der Waals surface area contributed by atoms with Crippen molar-refractivity contribution in [2.75, 3.05) is 25.1 Å². The van der Waals surface area contributed by atoms with E-state index in [1.54, 1.807) is 6.07 Å². The lowest BCUT2D eigenvalue weighted by atomic mass is 10.1. The summed E-state index contributed by atoms with van der Waals surface area (Å²) in [6, 6.07) is 3.21. The van der Waals surface area contributed by atoms with E-state index in [1.807, 2.05) is 0 Å². The van der Waals surface area contributed by atoms with Gasteiger partial charge in [0.2, 0.25) is 0 Å². The maximum absolute atomic E-state index is 10.8. The molecule has 6 nitrogen and oxygen atoms in total. The minimum atomic E-state index is -0.578. The van der Waals surface area contributed by atoms with Gasteiger partial charge in [0.25, 0.3) is 5.91 Å². The Morgan fingerprint density at radius 2 is 2.17 bits per heavy atom. The lowest BCUT2D eigenvalue weighted by molar-refractivity contribution is 0.0994. The summed E-state index contributed by atoms with van der Waals surface area (Å²) in [5, 5.41) is 10.6. The van der Waals surface area contributed by atoms with Crippen molar-refractivity contribution < 1.29 is 9.53 Å². The van der Waals surface area contributed by atoms with Gasteiger partial charge in [-0.1, -0.05) is 13.8 Å². The number of amides is 1. The first-order chi connectivity index (χ1) is 8.59. The molecule has 0 aliphatic rings. The Labute approximate surface area is 107 Å². The average Bonchev–Trinajstić information content (AvgIpc) is 2.34. The number of nitrogens with zero attached hydrogens (tertiary/aromatic N) is 2. The monoisotopic (exact) mass is 252 g/mol. The van der Waals surface area contributed by atoms with Gasteiger partial charge in [0.15, 0.2) is 5.69 Å². The molecule has 1 rings (SSSR count). The molecule has 0 spiro atoms. The van der Waals surface area contributed by atoms with Crippen LogP contribution in [0.25, 0.3) is 0 Å². The standard InChI is InChI=1S/C12H20N4O2/c1-9(2)5-7-18-8-6-14-11-4-3-10(12(13)17)15-16-11/h3-4,9H,5-8H2,1-2H3,(H2,13,17)(H,14,16). The molecule has 0 bridgehead atoms. The van der Waals surface area contributed by atoms with Gasteiger partial charge < -0.3 is 15.8 Å². The maximum Gasteiger partial charge on any atom is 0.269 e. The van der Waals surface area contributed by atoms with Gasteiger partial charge in [-0.3, -0.25) is 4.79 Å². The third-order valence-corrected chi connectivity index (χ3v) is 2.31. The fraction of sp³-hybridized carbons (Fsp3) is 0.583. The summed E-state index contributed by atoms with van der Waals surface area (Å²) < 4.78 is 5.44. The van der Waals surface area contributed by atoms with Crippen molar-refractivity contribution in [3.63, 3.8) is 0 Å². The Kier molecular flexibility index (Phi) is 6.07. The third-order valence-electron chi connectivity index (χ3n) is 2.31. The van der Waals surface area contributed by atoms with E-state index in [-0.39, 0.29) is 5.69 Å². The summed E-state index contributed by atoms with van der Waals surface area (Å²) in [6.07, 6.45) is 1.06. The zero-order valence-electron chi connectivity index (χ0n) is 10.8. The second kappa shape index (κ2) is 7.60. The van der Waals surface area contributed by atoms with Gasteiger partial charge in [0.1, 0.15) is 5.82 Å². The lowest BCUT2D eigenvalue weighted by Crippen LogP contribution is -2.15. The number of hydrogen-bond acceptors (Lipinski definition) is 5. The zero-order chi connectivity index (χ0) is 13.4. The third kappa shape index (κ3) is 5.58. The maximum atomic E-state index is 10.8. The minimum Gasteiger partial charge on any atom is -0.380 e. The van der Waals surface area contributed by atoms with E-state index in [4.69, 9.17) is 10.5 Å². The number of ether oxygens (including phenoxy) is 1. The Balaban J connectivity index is 2.17. The zero-order valence-corrected chi connectivity index (χ0v) is 10.8. The predicted octanol–water partition coefficient (Wildman–Crippen LogP) is 1.05. The second-order valence-electron chi connectivity index (χ2n) is 4.39. The van der Waals surface area contributed by atoms with Gasteiger partial charge >= 0.3 is 0 Å². The molecule has 100 valence electrons. The second-order valence-corrected chi connectivity index (χ2v) is 4.39. The van der Waals surface area contributed by atoms with E-state index in [9.17, 15) is 4.79 Å². The lowest BCUT2D eigenvalue weighted by Gasteiger charge is -2.07. The summed E-state index contributed by atoms with van der Waals surface area (Å²) in [4.78, 5) is 10.8. The average molecular weight is 252 g/mol. The van der Waals surface area contributed by atoms with E-state index >= 15 is 0 Å². The summed E-state index contributed by atoms with van der Waals surface area (Å²) in [7, 11) is 0. The van der Waals surface area contributed by atoms with Crippen LogP contribution in [0.4, 0.5) is 5.82 Å². The van der Waals surface area contributed by atoms with Crippen molar-refractivity contribution >= 4 is 11.7 Å². The van der Waals surface area contributed by atoms with Crippen LogP contribution in [0.2, 0.25) is 0 Å². The molecule has 0 aliphatic carbocycles. The molecule has 6 heteroatoms. The molecule has 1 aromatic heterocycles. The van der Waals surface area contributed by atoms with Gasteiger partial charge in [-0.25, -0.2) is 0 Å². The number of carbonyl (C=O) groups is 1. The topological polar surface area (TPSA) is 90.1 Å². The number of carbonyl (C=O) groups excluding carboxylic acids is 1. The Hall–Kier alpha value is -1.69. The van der Waals surface area contributed by atoms with Gasteiger partial charge in [0.05, 0.1) is 6.61 Å². The van der Waals surface area contributed by atoms with Crippen molar-refractivity contribution in [1.29, 1.82) is 0 Å². The summed E-state index contributed by atoms with van der Waals surface area (Å²) in [5.41, 5.74) is 5.22. The SMILES string of the molecule is CC(C)CCOCCNc1ccc(C(N)=O)nn1. The first kappa shape index (κ1) is 14.4. The number of primary amides is 1. The summed E-state index contributed by atoms with van der Waals surface area (Å²) >= 11 is 0. The largest absolute Gasteiger partial charge is 0.380 e. The van der Waals surface area contributed by atoms with Crippen molar-refractivity contribution in [2.24, 2.45) is 11.7 Å². The van der Waals surface area contributed by atoms with Crippen LogP contribution in [-0.4, -0.2) is 35.9 Å². The summed E-state index contributed by atoms with van der Waals surface area (Å²) in [5.74, 6) is 0.684. The van der Waals surface area contributed by atoms with Crippen molar-refractivity contribution in [1.82, 2.24) is 10.2 Å². The molecule has 3 N–H and O–H groups in total. The number of aromatic nitrogens is 2. The van der Waals surface area contributed by atoms with Crippen LogP contribution in [0.5, 0.6) is 0 Å². The molecule has 0 aliphatic heterocycles. The predicted molar refractivity (Wildman–Crippen MR) is 69.3 cm³/mol. The van der Waals surface area contributed by atoms with Crippen LogP contribution in [0.1, 0.15) is 30.8 Å². The highest BCUT2D eigenvalue weighted by Gasteiger charge is 2.02. The van der Waals surface area contributed by atoms with Crippen LogP contribution < -0.4 is 11.1 Å². The van der Waals surface area contributed by atoms with Crippen molar-refractivity contribution in [3.8, 4) is 0 Å². The van der Waals surface area contributed by atoms with E-state index < -0.39 is 5.91 Å². The molecule has 0 fully saturated rings. The molecule has 1 amide bonds. The number of hydrogen-bond donors (Lipinski definition) is 2. The van der Waals surface area contributed by atoms with Crippen LogP contribution in [0, 0.1) is 5.92 Å². The first-order valence-electron chi connectivity index (χ1n) is 6.04. The molecule has 0 aromatic carbocycles. The quantitative estimate of drug-likeness (QED) is 0.675. The minimum absolute atomic E-state index is 0.161. The number of nitrogens with two attached hydrogens (primary N) is 1. The van der Waals surface area contributed by atoms with Gasteiger partial charge in [-0.15, -0.1) is 10.2 Å². The van der Waals surface area contributed by atoms with E-state index in [1.165, 1.54) is 6.07 Å². The molecule has 1 heterocycles.